The Bertz CT molecular complexity index is 829. The second-order valence-corrected chi connectivity index (χ2v) is 7.70. The summed E-state index contributed by atoms with van der Waals surface area (Å²) in [5.41, 5.74) is 0.569. The van der Waals surface area contributed by atoms with Crippen LogP contribution in [0.3, 0.4) is 0 Å². The average Bonchev–Trinajstić information content (AvgIpc) is 3.07. The van der Waals surface area contributed by atoms with E-state index < -0.39 is 10.0 Å². The third-order valence-electron chi connectivity index (χ3n) is 3.20. The lowest BCUT2D eigenvalue weighted by Gasteiger charge is -2.11. The second kappa shape index (κ2) is 8.24. The molecule has 0 radical (unpaired) electrons. The lowest BCUT2D eigenvalue weighted by atomic mass is 10.2. The highest BCUT2D eigenvalue weighted by Crippen LogP contribution is 2.14. The van der Waals surface area contributed by atoms with E-state index in [1.807, 2.05) is 0 Å². The molecule has 1 amide bonds. The van der Waals surface area contributed by atoms with Crippen molar-refractivity contribution in [3.05, 3.63) is 48.4 Å². The van der Waals surface area contributed by atoms with Gasteiger partial charge in [-0.25, -0.2) is 13.1 Å². The molecule has 0 fully saturated rings. The largest absolute Gasteiger partial charge is 0.468 e. The molecule has 0 atom stereocenters. The molecule has 0 aliphatic heterocycles. The van der Waals surface area contributed by atoms with E-state index in [-0.39, 0.29) is 28.4 Å². The molecule has 0 bridgehead atoms. The number of nitrogens with one attached hydrogen (secondary N) is 3. The van der Waals surface area contributed by atoms with Gasteiger partial charge >= 0.3 is 0 Å². The smallest absolute Gasteiger partial charge is 0.240 e. The van der Waals surface area contributed by atoms with Gasteiger partial charge in [-0.15, -0.1) is 0 Å². The van der Waals surface area contributed by atoms with Gasteiger partial charge < -0.3 is 15.1 Å². The number of anilines is 1. The van der Waals surface area contributed by atoms with Crippen molar-refractivity contribution in [2.24, 2.45) is 5.92 Å². The molecule has 1 heterocycles. The third kappa shape index (κ3) is 5.66. The molecule has 3 N–H and O–H groups in total. The Morgan fingerprint density at radius 3 is 2.44 bits per heavy atom. The SMILES string of the molecule is CC(C)C(=O)NC(=S)Nc1ccc(S(=O)(=O)NCc2ccco2)cc1. The fourth-order valence-electron chi connectivity index (χ4n) is 1.80. The lowest BCUT2D eigenvalue weighted by molar-refractivity contribution is -0.122. The van der Waals surface area contributed by atoms with Crippen LogP contribution in [0.1, 0.15) is 19.6 Å². The molecule has 0 aliphatic rings. The first-order valence-electron chi connectivity index (χ1n) is 7.52. The molecule has 0 saturated carbocycles. The molecule has 0 unspecified atom stereocenters. The molecular weight excluding hydrogens is 362 g/mol. The van der Waals surface area contributed by atoms with Crippen LogP contribution in [0, 0.1) is 5.92 Å². The van der Waals surface area contributed by atoms with Crippen LogP contribution < -0.4 is 15.4 Å². The summed E-state index contributed by atoms with van der Waals surface area (Å²) in [6, 6.07) is 9.39. The van der Waals surface area contributed by atoms with Crippen molar-refractivity contribution in [2.45, 2.75) is 25.3 Å². The Hall–Kier alpha value is -2.23. The molecule has 0 saturated heterocycles. The van der Waals surface area contributed by atoms with E-state index in [1.165, 1.54) is 18.4 Å². The number of furan rings is 1. The zero-order valence-corrected chi connectivity index (χ0v) is 15.4. The molecule has 2 rings (SSSR count). The zero-order valence-electron chi connectivity index (χ0n) is 13.8. The molecule has 1 aromatic carbocycles. The highest BCUT2D eigenvalue weighted by Gasteiger charge is 2.14. The number of hydrogen-bond donors (Lipinski definition) is 3. The van der Waals surface area contributed by atoms with Crippen molar-refractivity contribution in [1.82, 2.24) is 10.0 Å². The number of carbonyl (C=O) groups is 1. The lowest BCUT2D eigenvalue weighted by Crippen LogP contribution is -2.36. The maximum Gasteiger partial charge on any atom is 0.240 e. The number of benzene rings is 1. The summed E-state index contributed by atoms with van der Waals surface area (Å²) in [4.78, 5) is 11.7. The summed E-state index contributed by atoms with van der Waals surface area (Å²) in [6.45, 7) is 3.58. The van der Waals surface area contributed by atoms with Crippen LogP contribution in [-0.4, -0.2) is 19.4 Å². The molecular formula is C16H19N3O4S2. The minimum Gasteiger partial charge on any atom is -0.468 e. The maximum atomic E-state index is 12.2. The van der Waals surface area contributed by atoms with Gasteiger partial charge in [0, 0.05) is 11.6 Å². The van der Waals surface area contributed by atoms with E-state index in [0.717, 1.165) is 0 Å². The van der Waals surface area contributed by atoms with Crippen LogP contribution in [0.15, 0.2) is 52.0 Å². The first-order chi connectivity index (χ1) is 11.8. The van der Waals surface area contributed by atoms with Crippen molar-refractivity contribution >= 4 is 38.9 Å². The highest BCUT2D eigenvalue weighted by atomic mass is 32.2. The number of hydrogen-bond acceptors (Lipinski definition) is 5. The molecule has 25 heavy (non-hydrogen) atoms. The molecule has 0 spiro atoms. The average molecular weight is 381 g/mol. The monoisotopic (exact) mass is 381 g/mol. The van der Waals surface area contributed by atoms with Gasteiger partial charge in [0.05, 0.1) is 17.7 Å². The Balaban J connectivity index is 1.96. The standard InChI is InChI=1S/C16H19N3O4S2/c1-11(2)15(20)19-16(24)18-12-5-7-14(8-6-12)25(21,22)17-10-13-4-3-9-23-13/h3-9,11,17H,10H2,1-2H3,(H2,18,19,20,24). The molecule has 2 aromatic rings. The molecule has 9 heteroatoms. The predicted octanol–water partition coefficient (Wildman–Crippen LogP) is 2.23. The number of sulfonamides is 1. The third-order valence-corrected chi connectivity index (χ3v) is 4.82. The summed E-state index contributed by atoms with van der Waals surface area (Å²) in [7, 11) is -3.65. The van der Waals surface area contributed by atoms with Gasteiger partial charge in [0.25, 0.3) is 0 Å². The number of carbonyl (C=O) groups excluding carboxylic acids is 1. The highest BCUT2D eigenvalue weighted by molar-refractivity contribution is 7.89. The number of amides is 1. The summed E-state index contributed by atoms with van der Waals surface area (Å²) in [5.74, 6) is 0.138. The van der Waals surface area contributed by atoms with E-state index >= 15 is 0 Å². The van der Waals surface area contributed by atoms with E-state index in [9.17, 15) is 13.2 Å². The van der Waals surface area contributed by atoms with Crippen molar-refractivity contribution in [3.8, 4) is 0 Å². The fourth-order valence-corrected chi connectivity index (χ4v) is 3.01. The van der Waals surface area contributed by atoms with Crippen molar-refractivity contribution < 1.29 is 17.6 Å². The van der Waals surface area contributed by atoms with E-state index in [4.69, 9.17) is 16.6 Å². The fraction of sp³-hybridized carbons (Fsp3) is 0.250. The van der Waals surface area contributed by atoms with Crippen LogP contribution in [0.5, 0.6) is 0 Å². The summed E-state index contributed by atoms with van der Waals surface area (Å²) in [5, 5.41) is 5.54. The first-order valence-corrected chi connectivity index (χ1v) is 9.41. The zero-order chi connectivity index (χ0) is 18.4. The second-order valence-electron chi connectivity index (χ2n) is 5.53. The van der Waals surface area contributed by atoms with Crippen molar-refractivity contribution in [3.63, 3.8) is 0 Å². The van der Waals surface area contributed by atoms with Crippen LogP contribution in [0.2, 0.25) is 0 Å². The Labute approximate surface area is 151 Å². The normalized spacial score (nSPS) is 11.3. The van der Waals surface area contributed by atoms with Gasteiger partial charge in [-0.05, 0) is 48.6 Å². The summed E-state index contributed by atoms with van der Waals surface area (Å²) < 4.78 is 32.0. The summed E-state index contributed by atoms with van der Waals surface area (Å²) >= 11 is 5.04. The van der Waals surface area contributed by atoms with Gasteiger partial charge in [0.1, 0.15) is 5.76 Å². The minimum atomic E-state index is -3.65. The van der Waals surface area contributed by atoms with E-state index in [2.05, 4.69) is 15.4 Å². The first kappa shape index (κ1) is 19.1. The maximum absolute atomic E-state index is 12.2. The van der Waals surface area contributed by atoms with Gasteiger partial charge in [-0.1, -0.05) is 13.8 Å². The number of thiocarbonyl (C=S) groups is 1. The molecule has 134 valence electrons. The Morgan fingerprint density at radius 1 is 1.20 bits per heavy atom. The van der Waals surface area contributed by atoms with Crippen LogP contribution >= 0.6 is 12.2 Å². The van der Waals surface area contributed by atoms with Crippen LogP contribution in [0.4, 0.5) is 5.69 Å². The molecule has 0 aliphatic carbocycles. The minimum absolute atomic E-state index is 0.0701. The van der Waals surface area contributed by atoms with Gasteiger partial charge in [-0.3, -0.25) is 4.79 Å². The number of rotatable bonds is 6. The Kier molecular flexibility index (Phi) is 6.29. The Morgan fingerprint density at radius 2 is 1.88 bits per heavy atom. The molecule has 1 aromatic heterocycles. The van der Waals surface area contributed by atoms with E-state index in [0.29, 0.717) is 11.4 Å². The quantitative estimate of drug-likeness (QED) is 0.664. The van der Waals surface area contributed by atoms with E-state index in [1.54, 1.807) is 38.1 Å². The molecule has 7 nitrogen and oxygen atoms in total. The predicted molar refractivity (Wildman–Crippen MR) is 98.4 cm³/mol. The van der Waals surface area contributed by atoms with Gasteiger partial charge in [-0.2, -0.15) is 0 Å². The van der Waals surface area contributed by atoms with Gasteiger partial charge in [0.2, 0.25) is 15.9 Å². The van der Waals surface area contributed by atoms with Crippen molar-refractivity contribution in [1.29, 1.82) is 0 Å². The summed E-state index contributed by atoms with van der Waals surface area (Å²) in [6.07, 6.45) is 1.48. The van der Waals surface area contributed by atoms with Gasteiger partial charge in [0.15, 0.2) is 5.11 Å². The van der Waals surface area contributed by atoms with Crippen LogP contribution in [-0.2, 0) is 21.4 Å². The topological polar surface area (TPSA) is 100 Å². The van der Waals surface area contributed by atoms with Crippen molar-refractivity contribution in [2.75, 3.05) is 5.32 Å². The van der Waals surface area contributed by atoms with Crippen LogP contribution in [0.25, 0.3) is 0 Å².